The summed E-state index contributed by atoms with van der Waals surface area (Å²) in [7, 11) is 0. The standard InChI is InChI=1S/C6H7NO5/c8-7(9)12-5-3-11-4-1-2-10-6(4)5/h4-6H,2-3H2. The van der Waals surface area contributed by atoms with Crippen molar-refractivity contribution in [3.8, 4) is 0 Å². The SMILES string of the molecule is O=[N+]([O-])OC1COC2[C]COC21. The molecule has 2 saturated heterocycles. The summed E-state index contributed by atoms with van der Waals surface area (Å²) in [6, 6.07) is 0. The van der Waals surface area contributed by atoms with Crippen molar-refractivity contribution in [3.63, 3.8) is 0 Å². The van der Waals surface area contributed by atoms with Crippen molar-refractivity contribution in [1.82, 2.24) is 0 Å². The quantitative estimate of drug-likeness (QED) is 0.413. The summed E-state index contributed by atoms with van der Waals surface area (Å²) in [5.41, 5.74) is 0. The van der Waals surface area contributed by atoms with Crippen LogP contribution in [0.4, 0.5) is 0 Å². The van der Waals surface area contributed by atoms with E-state index in [0.717, 1.165) is 0 Å². The van der Waals surface area contributed by atoms with Crippen molar-refractivity contribution < 1.29 is 19.4 Å². The molecule has 0 amide bonds. The molecule has 6 nitrogen and oxygen atoms in total. The number of hydrogen-bond donors (Lipinski definition) is 0. The van der Waals surface area contributed by atoms with Gasteiger partial charge in [-0.1, -0.05) is 0 Å². The molecule has 2 fully saturated rings. The topological polar surface area (TPSA) is 70.8 Å². The third-order valence-corrected chi connectivity index (χ3v) is 1.89. The molecule has 0 N–H and O–H groups in total. The molecular formula is C6H7NO5. The maximum absolute atomic E-state index is 10.00. The van der Waals surface area contributed by atoms with E-state index >= 15 is 0 Å². The van der Waals surface area contributed by atoms with E-state index in [0.29, 0.717) is 6.61 Å². The molecule has 66 valence electrons. The lowest BCUT2D eigenvalue weighted by Gasteiger charge is -2.12. The highest BCUT2D eigenvalue weighted by Crippen LogP contribution is 2.27. The predicted molar refractivity (Wildman–Crippen MR) is 34.6 cm³/mol. The highest BCUT2D eigenvalue weighted by molar-refractivity contribution is 4.98. The van der Waals surface area contributed by atoms with Crippen molar-refractivity contribution in [2.24, 2.45) is 0 Å². The third kappa shape index (κ3) is 1.23. The Hall–Kier alpha value is -0.880. The second kappa shape index (κ2) is 2.87. The number of hydrogen-bond acceptors (Lipinski definition) is 5. The Bertz CT molecular complexity index is 196. The van der Waals surface area contributed by atoms with Crippen LogP contribution in [0.15, 0.2) is 0 Å². The van der Waals surface area contributed by atoms with E-state index in [1.807, 2.05) is 0 Å². The summed E-state index contributed by atoms with van der Waals surface area (Å²) in [6.45, 7) is 0.552. The van der Waals surface area contributed by atoms with Gasteiger partial charge >= 0.3 is 0 Å². The van der Waals surface area contributed by atoms with Gasteiger partial charge in [0.1, 0.15) is 6.10 Å². The lowest BCUT2D eigenvalue weighted by atomic mass is 10.1. The van der Waals surface area contributed by atoms with Gasteiger partial charge in [0, 0.05) is 6.42 Å². The molecule has 2 heterocycles. The van der Waals surface area contributed by atoms with Crippen molar-refractivity contribution in [2.75, 3.05) is 13.2 Å². The van der Waals surface area contributed by atoms with Crippen LogP contribution in [0.25, 0.3) is 0 Å². The summed E-state index contributed by atoms with van der Waals surface area (Å²) in [4.78, 5) is 14.4. The zero-order valence-electron chi connectivity index (χ0n) is 6.13. The van der Waals surface area contributed by atoms with Gasteiger partial charge in [0.05, 0.1) is 19.3 Å². The normalized spacial score (nSPS) is 39.5. The average molecular weight is 173 g/mol. The molecule has 3 atom stereocenters. The fourth-order valence-electron chi connectivity index (χ4n) is 1.38. The smallest absolute Gasteiger partial charge is 0.294 e. The summed E-state index contributed by atoms with van der Waals surface area (Å²) in [6.07, 6.45) is 1.67. The van der Waals surface area contributed by atoms with Crippen LogP contribution in [0.2, 0.25) is 0 Å². The first kappa shape index (κ1) is 7.75. The first-order chi connectivity index (χ1) is 5.77. The Labute approximate surface area is 68.5 Å². The molecule has 0 aromatic heterocycles. The fourth-order valence-corrected chi connectivity index (χ4v) is 1.38. The molecule has 6 heteroatoms. The summed E-state index contributed by atoms with van der Waals surface area (Å²) < 4.78 is 10.2. The van der Waals surface area contributed by atoms with Gasteiger partial charge < -0.3 is 14.3 Å². The Morgan fingerprint density at radius 2 is 2.42 bits per heavy atom. The zero-order chi connectivity index (χ0) is 8.55. The van der Waals surface area contributed by atoms with E-state index in [2.05, 4.69) is 11.3 Å². The fraction of sp³-hybridized carbons (Fsp3) is 0.833. The summed E-state index contributed by atoms with van der Waals surface area (Å²) in [5, 5.41) is 9.17. The van der Waals surface area contributed by atoms with Crippen molar-refractivity contribution in [2.45, 2.75) is 18.3 Å². The monoisotopic (exact) mass is 173 g/mol. The Morgan fingerprint density at radius 3 is 3.17 bits per heavy atom. The van der Waals surface area contributed by atoms with E-state index in [4.69, 9.17) is 9.47 Å². The van der Waals surface area contributed by atoms with Crippen LogP contribution >= 0.6 is 0 Å². The maximum atomic E-state index is 10.00. The number of rotatable bonds is 2. The van der Waals surface area contributed by atoms with Gasteiger partial charge in [-0.2, -0.15) is 0 Å². The first-order valence-corrected chi connectivity index (χ1v) is 3.55. The lowest BCUT2D eigenvalue weighted by Crippen LogP contribution is -2.31. The molecule has 0 spiro atoms. The molecule has 0 bridgehead atoms. The highest BCUT2D eigenvalue weighted by atomic mass is 17.0. The Morgan fingerprint density at radius 1 is 1.58 bits per heavy atom. The van der Waals surface area contributed by atoms with Gasteiger partial charge in [-0.3, -0.25) is 0 Å². The summed E-state index contributed by atoms with van der Waals surface area (Å²) >= 11 is 0. The maximum Gasteiger partial charge on any atom is 0.294 e. The highest BCUT2D eigenvalue weighted by Gasteiger charge is 2.44. The van der Waals surface area contributed by atoms with Crippen LogP contribution in [0.1, 0.15) is 0 Å². The van der Waals surface area contributed by atoms with Crippen LogP contribution in [0.5, 0.6) is 0 Å². The Kier molecular flexibility index (Phi) is 1.86. The molecule has 2 radical (unpaired) electrons. The minimum absolute atomic E-state index is 0.198. The summed E-state index contributed by atoms with van der Waals surface area (Å²) in [5.74, 6) is 0. The van der Waals surface area contributed by atoms with E-state index in [9.17, 15) is 10.1 Å². The minimum Gasteiger partial charge on any atom is -0.372 e. The molecule has 0 aromatic rings. The Balaban J connectivity index is 1.95. The zero-order valence-corrected chi connectivity index (χ0v) is 6.13. The first-order valence-electron chi connectivity index (χ1n) is 3.55. The molecular weight excluding hydrogens is 166 g/mol. The molecule has 0 aromatic carbocycles. The largest absolute Gasteiger partial charge is 0.372 e. The molecule has 2 rings (SSSR count). The van der Waals surface area contributed by atoms with Crippen LogP contribution < -0.4 is 0 Å². The van der Waals surface area contributed by atoms with E-state index in [1.54, 1.807) is 0 Å². The van der Waals surface area contributed by atoms with Crippen molar-refractivity contribution in [3.05, 3.63) is 16.5 Å². The van der Waals surface area contributed by atoms with Crippen molar-refractivity contribution in [1.29, 1.82) is 0 Å². The van der Waals surface area contributed by atoms with Gasteiger partial charge in [0.2, 0.25) is 0 Å². The molecule has 0 aliphatic carbocycles. The lowest BCUT2D eigenvalue weighted by molar-refractivity contribution is -0.769. The van der Waals surface area contributed by atoms with Gasteiger partial charge in [0.15, 0.2) is 6.10 Å². The third-order valence-electron chi connectivity index (χ3n) is 1.89. The van der Waals surface area contributed by atoms with Crippen LogP contribution in [-0.2, 0) is 14.3 Å². The number of fused-ring (bicyclic) bond motifs is 1. The average Bonchev–Trinajstić information content (AvgIpc) is 2.52. The minimum atomic E-state index is -0.821. The molecule has 2 aliphatic heterocycles. The molecule has 0 saturated carbocycles. The predicted octanol–water partition coefficient (Wildman–Crippen LogP) is -0.558. The van der Waals surface area contributed by atoms with E-state index in [-0.39, 0.29) is 18.8 Å². The van der Waals surface area contributed by atoms with Gasteiger partial charge in [-0.15, -0.1) is 10.1 Å². The van der Waals surface area contributed by atoms with Gasteiger partial charge in [-0.05, 0) is 0 Å². The molecule has 2 aliphatic rings. The number of ether oxygens (including phenoxy) is 2. The van der Waals surface area contributed by atoms with Crippen LogP contribution in [0, 0.1) is 16.5 Å². The van der Waals surface area contributed by atoms with E-state index in [1.165, 1.54) is 0 Å². The van der Waals surface area contributed by atoms with E-state index < -0.39 is 11.2 Å². The second-order valence-electron chi connectivity index (χ2n) is 2.60. The molecule has 12 heavy (non-hydrogen) atoms. The van der Waals surface area contributed by atoms with Gasteiger partial charge in [0.25, 0.3) is 5.09 Å². The van der Waals surface area contributed by atoms with Gasteiger partial charge in [-0.25, -0.2) is 0 Å². The van der Waals surface area contributed by atoms with Crippen LogP contribution in [0.3, 0.4) is 0 Å². The van der Waals surface area contributed by atoms with Crippen molar-refractivity contribution >= 4 is 0 Å². The molecule has 3 unspecified atom stereocenters. The number of nitrogens with zero attached hydrogens (tertiary/aromatic N) is 1. The second-order valence-corrected chi connectivity index (χ2v) is 2.60. The van der Waals surface area contributed by atoms with Crippen LogP contribution in [-0.4, -0.2) is 36.6 Å².